The Morgan fingerprint density at radius 3 is 2.68 bits per heavy atom. The van der Waals surface area contributed by atoms with Crippen molar-refractivity contribution in [3.05, 3.63) is 29.8 Å². The summed E-state index contributed by atoms with van der Waals surface area (Å²) < 4.78 is 6.00. The fourth-order valence-corrected chi connectivity index (χ4v) is 4.87. The number of piperidine rings is 1. The van der Waals surface area contributed by atoms with Gasteiger partial charge in [0.05, 0.1) is 12.0 Å². The molecule has 3 aliphatic rings. The average Bonchev–Trinajstić information content (AvgIpc) is 3.53. The van der Waals surface area contributed by atoms with Gasteiger partial charge >= 0.3 is 0 Å². The van der Waals surface area contributed by atoms with Gasteiger partial charge < -0.3 is 15.0 Å². The number of hydrogen-bond acceptors (Lipinski definition) is 3. The summed E-state index contributed by atoms with van der Waals surface area (Å²) in [5.41, 5.74) is 1.19. The van der Waals surface area contributed by atoms with E-state index in [1.165, 1.54) is 37.8 Å². The SMILES string of the molecule is O=C1NCCCOc2ccccc2CCCCCC12CCN(CC1CC1)CC2. The molecule has 4 nitrogen and oxygen atoms in total. The Kier molecular flexibility index (Phi) is 6.56. The Balaban J connectivity index is 1.36. The van der Waals surface area contributed by atoms with Gasteiger partial charge in [-0.2, -0.15) is 0 Å². The van der Waals surface area contributed by atoms with E-state index >= 15 is 0 Å². The van der Waals surface area contributed by atoms with Crippen LogP contribution in [0.15, 0.2) is 24.3 Å². The van der Waals surface area contributed by atoms with Gasteiger partial charge in [-0.1, -0.05) is 31.0 Å². The second-order valence-corrected chi connectivity index (χ2v) is 9.15. The van der Waals surface area contributed by atoms with Crippen LogP contribution in [0.25, 0.3) is 0 Å². The first kappa shape index (κ1) is 19.8. The minimum atomic E-state index is -0.136. The molecule has 0 unspecified atom stereocenters. The number of nitrogens with one attached hydrogen (secondary N) is 1. The third-order valence-electron chi connectivity index (χ3n) is 6.95. The molecule has 1 spiro atoms. The van der Waals surface area contributed by atoms with Crippen LogP contribution in [0.2, 0.25) is 0 Å². The Morgan fingerprint density at radius 1 is 1.04 bits per heavy atom. The Hall–Kier alpha value is -1.55. The van der Waals surface area contributed by atoms with Crippen molar-refractivity contribution in [1.29, 1.82) is 0 Å². The lowest BCUT2D eigenvalue weighted by atomic mass is 9.73. The third-order valence-corrected chi connectivity index (χ3v) is 6.95. The highest BCUT2D eigenvalue weighted by atomic mass is 16.5. The molecule has 1 aromatic carbocycles. The summed E-state index contributed by atoms with van der Waals surface area (Å²) in [5, 5.41) is 3.25. The van der Waals surface area contributed by atoms with E-state index in [1.54, 1.807) is 0 Å². The van der Waals surface area contributed by atoms with Crippen LogP contribution in [0, 0.1) is 11.3 Å². The first-order chi connectivity index (χ1) is 13.8. The summed E-state index contributed by atoms with van der Waals surface area (Å²) in [6, 6.07) is 8.42. The summed E-state index contributed by atoms with van der Waals surface area (Å²) in [6.45, 7) is 4.84. The van der Waals surface area contributed by atoms with E-state index < -0.39 is 0 Å². The Morgan fingerprint density at radius 2 is 1.86 bits per heavy atom. The van der Waals surface area contributed by atoms with Gasteiger partial charge in [0.2, 0.25) is 5.91 Å². The molecule has 1 saturated heterocycles. The molecule has 1 aromatic rings. The maximum Gasteiger partial charge on any atom is 0.226 e. The zero-order valence-corrected chi connectivity index (χ0v) is 17.3. The first-order valence-corrected chi connectivity index (χ1v) is 11.5. The van der Waals surface area contributed by atoms with E-state index in [-0.39, 0.29) is 5.41 Å². The molecular formula is C24H36N2O2. The van der Waals surface area contributed by atoms with E-state index in [0.29, 0.717) is 19.1 Å². The maximum absolute atomic E-state index is 13.1. The highest BCUT2D eigenvalue weighted by Gasteiger charge is 2.41. The molecule has 1 amide bonds. The fraction of sp³-hybridized carbons (Fsp3) is 0.708. The number of nitrogens with zero attached hydrogens (tertiary/aromatic N) is 1. The number of carbonyl (C=O) groups is 1. The molecule has 2 heterocycles. The van der Waals surface area contributed by atoms with Crippen LogP contribution in [-0.2, 0) is 11.2 Å². The van der Waals surface area contributed by atoms with Gasteiger partial charge in [-0.15, -0.1) is 0 Å². The topological polar surface area (TPSA) is 41.6 Å². The van der Waals surface area contributed by atoms with E-state index in [0.717, 1.165) is 63.3 Å². The average molecular weight is 385 g/mol. The van der Waals surface area contributed by atoms with E-state index in [2.05, 4.69) is 28.4 Å². The zero-order chi connectivity index (χ0) is 19.2. The van der Waals surface area contributed by atoms with Crippen molar-refractivity contribution in [2.45, 2.75) is 64.2 Å². The van der Waals surface area contributed by atoms with Crippen LogP contribution in [0.4, 0.5) is 0 Å². The van der Waals surface area contributed by atoms with Crippen LogP contribution in [-0.4, -0.2) is 43.6 Å². The van der Waals surface area contributed by atoms with Gasteiger partial charge in [-0.25, -0.2) is 0 Å². The van der Waals surface area contributed by atoms with E-state index in [9.17, 15) is 4.79 Å². The molecule has 28 heavy (non-hydrogen) atoms. The van der Waals surface area contributed by atoms with Gasteiger partial charge in [0.1, 0.15) is 5.75 Å². The second-order valence-electron chi connectivity index (χ2n) is 9.15. The largest absolute Gasteiger partial charge is 0.493 e. The highest BCUT2D eigenvalue weighted by Crippen LogP contribution is 2.39. The summed E-state index contributed by atoms with van der Waals surface area (Å²) >= 11 is 0. The van der Waals surface area contributed by atoms with Gasteiger partial charge in [-0.3, -0.25) is 4.79 Å². The third kappa shape index (κ3) is 5.08. The minimum absolute atomic E-state index is 0.136. The molecule has 1 aliphatic carbocycles. The summed E-state index contributed by atoms with van der Waals surface area (Å²) in [5.74, 6) is 2.26. The number of ether oxygens (including phenoxy) is 1. The van der Waals surface area contributed by atoms with Gasteiger partial charge in [-0.05, 0) is 82.0 Å². The number of likely N-dealkylation sites (tertiary alicyclic amines) is 1. The number of benzene rings is 1. The normalized spacial score (nSPS) is 24.6. The molecule has 1 saturated carbocycles. The van der Waals surface area contributed by atoms with Crippen LogP contribution in [0.5, 0.6) is 5.75 Å². The monoisotopic (exact) mass is 384 g/mol. The molecule has 1 N–H and O–H groups in total. The van der Waals surface area contributed by atoms with Crippen LogP contribution < -0.4 is 10.1 Å². The second kappa shape index (κ2) is 9.30. The number of para-hydroxylation sites is 1. The van der Waals surface area contributed by atoms with Crippen molar-refractivity contribution in [2.75, 3.05) is 32.8 Å². The minimum Gasteiger partial charge on any atom is -0.493 e. The van der Waals surface area contributed by atoms with E-state index in [1.807, 2.05) is 6.07 Å². The number of fused-ring (bicyclic) bond motifs is 1. The molecule has 0 atom stereocenters. The summed E-state index contributed by atoms with van der Waals surface area (Å²) in [6.07, 6.45) is 11.4. The van der Waals surface area contributed by atoms with Crippen molar-refractivity contribution in [3.63, 3.8) is 0 Å². The smallest absolute Gasteiger partial charge is 0.226 e. The van der Waals surface area contributed by atoms with Crippen molar-refractivity contribution in [1.82, 2.24) is 10.2 Å². The molecule has 4 rings (SSSR count). The number of hydrogen-bond donors (Lipinski definition) is 1. The maximum atomic E-state index is 13.1. The summed E-state index contributed by atoms with van der Waals surface area (Å²) in [7, 11) is 0. The van der Waals surface area contributed by atoms with Gasteiger partial charge in [0.15, 0.2) is 0 Å². The predicted octanol–water partition coefficient (Wildman–Crippen LogP) is 4.18. The van der Waals surface area contributed by atoms with E-state index in [4.69, 9.17) is 4.74 Å². The molecule has 4 heteroatoms. The van der Waals surface area contributed by atoms with Gasteiger partial charge in [0.25, 0.3) is 0 Å². The predicted molar refractivity (Wildman–Crippen MR) is 113 cm³/mol. The lowest BCUT2D eigenvalue weighted by molar-refractivity contribution is -0.134. The quantitative estimate of drug-likeness (QED) is 0.832. The van der Waals surface area contributed by atoms with Crippen molar-refractivity contribution < 1.29 is 9.53 Å². The lowest BCUT2D eigenvalue weighted by Gasteiger charge is -2.41. The highest BCUT2D eigenvalue weighted by molar-refractivity contribution is 5.82. The number of amides is 1. The Labute approximate surface area is 170 Å². The molecule has 2 fully saturated rings. The molecular weight excluding hydrogens is 348 g/mol. The lowest BCUT2D eigenvalue weighted by Crippen LogP contribution is -2.49. The van der Waals surface area contributed by atoms with Crippen LogP contribution in [0.3, 0.4) is 0 Å². The zero-order valence-electron chi connectivity index (χ0n) is 17.3. The van der Waals surface area contributed by atoms with Crippen LogP contribution in [0.1, 0.15) is 63.4 Å². The molecule has 0 aromatic heterocycles. The summed E-state index contributed by atoms with van der Waals surface area (Å²) in [4.78, 5) is 15.7. The molecule has 0 bridgehead atoms. The van der Waals surface area contributed by atoms with Crippen LogP contribution >= 0.6 is 0 Å². The molecule has 2 aliphatic heterocycles. The number of carbonyl (C=O) groups excluding carboxylic acids is 1. The Bertz CT molecular complexity index is 648. The fourth-order valence-electron chi connectivity index (χ4n) is 4.87. The standard InChI is InChI=1S/C24H36N2O2/c27-23-24(13-16-26(17-14-24)19-20-10-11-20)12-5-1-2-7-21-8-3-4-9-22(21)28-18-6-15-25-23/h3-4,8-9,20H,1-2,5-7,10-19H2,(H,25,27). The molecule has 0 radical (unpaired) electrons. The van der Waals surface area contributed by atoms with Crippen molar-refractivity contribution >= 4 is 5.91 Å². The number of aryl methyl sites for hydroxylation is 1. The number of rotatable bonds is 2. The molecule has 154 valence electrons. The van der Waals surface area contributed by atoms with Crippen molar-refractivity contribution in [3.8, 4) is 5.75 Å². The van der Waals surface area contributed by atoms with Gasteiger partial charge in [0, 0.05) is 13.1 Å². The first-order valence-electron chi connectivity index (χ1n) is 11.5. The van der Waals surface area contributed by atoms with Crippen molar-refractivity contribution in [2.24, 2.45) is 11.3 Å².